The number of nitrogens with zero attached hydrogens (tertiary/aromatic N) is 1. The summed E-state index contributed by atoms with van der Waals surface area (Å²) >= 11 is 0. The second kappa shape index (κ2) is 3.92. The van der Waals surface area contributed by atoms with Gasteiger partial charge in [-0.2, -0.15) is 0 Å². The lowest BCUT2D eigenvalue weighted by Crippen LogP contribution is -2.21. The molecule has 0 saturated carbocycles. The van der Waals surface area contributed by atoms with Crippen molar-refractivity contribution in [3.63, 3.8) is 0 Å². The number of H-pyrrole nitrogens is 1. The zero-order valence-corrected chi connectivity index (χ0v) is 9.35. The van der Waals surface area contributed by atoms with E-state index in [1.165, 1.54) is 0 Å². The molecule has 1 aromatic heterocycles. The predicted octanol–water partition coefficient (Wildman–Crippen LogP) is 1.07. The highest BCUT2D eigenvalue weighted by atomic mass is 16.5. The van der Waals surface area contributed by atoms with Crippen molar-refractivity contribution in [1.82, 2.24) is 9.55 Å². The Morgan fingerprint density at radius 3 is 3.18 bits per heavy atom. The van der Waals surface area contributed by atoms with Crippen molar-refractivity contribution in [2.45, 2.75) is 13.0 Å². The summed E-state index contributed by atoms with van der Waals surface area (Å²) < 4.78 is 7.03. The summed E-state index contributed by atoms with van der Waals surface area (Å²) in [6.07, 6.45) is 0.997. The second-order valence-electron chi connectivity index (χ2n) is 4.47. The van der Waals surface area contributed by atoms with Crippen molar-refractivity contribution in [3.05, 3.63) is 28.7 Å². The highest BCUT2D eigenvalue weighted by molar-refractivity contribution is 5.76. The van der Waals surface area contributed by atoms with Gasteiger partial charge in [0.15, 0.2) is 0 Å². The molecular weight excluding hydrogens is 220 g/mol. The number of imidazole rings is 1. The summed E-state index contributed by atoms with van der Waals surface area (Å²) in [6.45, 7) is 2.17. The number of phenols is 1. The van der Waals surface area contributed by atoms with Crippen molar-refractivity contribution in [2.24, 2.45) is 5.92 Å². The number of hydrogen-bond donors (Lipinski definition) is 2. The maximum absolute atomic E-state index is 11.8. The molecule has 1 atom stereocenters. The number of ether oxygens (including phenoxy) is 1. The molecule has 1 aliphatic rings. The Labute approximate surface area is 97.6 Å². The molecule has 90 valence electrons. The Morgan fingerprint density at radius 2 is 2.41 bits per heavy atom. The van der Waals surface area contributed by atoms with Crippen LogP contribution in [0.5, 0.6) is 5.75 Å². The summed E-state index contributed by atoms with van der Waals surface area (Å²) in [7, 11) is 0. The molecule has 1 aliphatic heterocycles. The van der Waals surface area contributed by atoms with E-state index >= 15 is 0 Å². The van der Waals surface area contributed by atoms with Crippen molar-refractivity contribution < 1.29 is 9.84 Å². The molecule has 1 fully saturated rings. The van der Waals surface area contributed by atoms with E-state index in [0.29, 0.717) is 18.0 Å². The highest BCUT2D eigenvalue weighted by Crippen LogP contribution is 2.20. The van der Waals surface area contributed by atoms with Crippen LogP contribution in [0, 0.1) is 5.92 Å². The molecule has 17 heavy (non-hydrogen) atoms. The molecule has 5 heteroatoms. The smallest absolute Gasteiger partial charge is 0.326 e. The molecule has 2 heterocycles. The van der Waals surface area contributed by atoms with Gasteiger partial charge in [-0.1, -0.05) is 0 Å². The van der Waals surface area contributed by atoms with Crippen LogP contribution in [0.4, 0.5) is 0 Å². The third-order valence-electron chi connectivity index (χ3n) is 3.22. The number of hydrogen-bond acceptors (Lipinski definition) is 3. The van der Waals surface area contributed by atoms with E-state index in [-0.39, 0.29) is 11.4 Å². The molecule has 1 saturated heterocycles. The van der Waals surface area contributed by atoms with Gasteiger partial charge < -0.3 is 14.8 Å². The summed E-state index contributed by atoms with van der Waals surface area (Å²) in [5.74, 6) is 0.565. The fraction of sp³-hybridized carbons (Fsp3) is 0.417. The van der Waals surface area contributed by atoms with Gasteiger partial charge in [0.2, 0.25) is 0 Å². The third kappa shape index (κ3) is 1.82. The van der Waals surface area contributed by atoms with Crippen LogP contribution in [0.1, 0.15) is 6.42 Å². The van der Waals surface area contributed by atoms with E-state index in [9.17, 15) is 9.90 Å². The van der Waals surface area contributed by atoms with Crippen LogP contribution >= 0.6 is 0 Å². The van der Waals surface area contributed by atoms with E-state index in [2.05, 4.69) is 4.98 Å². The average Bonchev–Trinajstić information content (AvgIpc) is 2.88. The van der Waals surface area contributed by atoms with E-state index in [4.69, 9.17) is 4.74 Å². The van der Waals surface area contributed by atoms with Crippen LogP contribution in [-0.2, 0) is 11.3 Å². The largest absolute Gasteiger partial charge is 0.508 e. The van der Waals surface area contributed by atoms with E-state index in [0.717, 1.165) is 25.2 Å². The van der Waals surface area contributed by atoms with Gasteiger partial charge in [0.1, 0.15) is 5.75 Å². The average molecular weight is 234 g/mol. The SMILES string of the molecule is O=c1[nH]c2cc(O)ccc2n1CC1CCOC1. The van der Waals surface area contributed by atoms with Crippen LogP contribution in [-0.4, -0.2) is 27.9 Å². The Hall–Kier alpha value is -1.75. The van der Waals surface area contributed by atoms with Crippen molar-refractivity contribution in [2.75, 3.05) is 13.2 Å². The Morgan fingerprint density at radius 1 is 1.53 bits per heavy atom. The fourth-order valence-electron chi connectivity index (χ4n) is 2.32. The van der Waals surface area contributed by atoms with Crippen LogP contribution in [0.2, 0.25) is 0 Å². The Kier molecular flexibility index (Phi) is 2.40. The van der Waals surface area contributed by atoms with Crippen molar-refractivity contribution >= 4 is 11.0 Å². The molecule has 0 spiro atoms. The van der Waals surface area contributed by atoms with Crippen molar-refractivity contribution in [1.29, 1.82) is 0 Å². The van der Waals surface area contributed by atoms with Crippen LogP contribution in [0.15, 0.2) is 23.0 Å². The zero-order valence-electron chi connectivity index (χ0n) is 9.35. The monoisotopic (exact) mass is 234 g/mol. The molecule has 3 rings (SSSR count). The Balaban J connectivity index is 2.02. The maximum Gasteiger partial charge on any atom is 0.326 e. The number of benzene rings is 1. The predicted molar refractivity (Wildman–Crippen MR) is 63.1 cm³/mol. The molecule has 0 radical (unpaired) electrons. The van der Waals surface area contributed by atoms with E-state index in [1.54, 1.807) is 22.8 Å². The molecule has 0 bridgehead atoms. The number of phenolic OH excluding ortho intramolecular Hbond substituents is 1. The molecule has 5 nitrogen and oxygen atoms in total. The summed E-state index contributed by atoms with van der Waals surface area (Å²) in [5, 5.41) is 9.36. The minimum Gasteiger partial charge on any atom is -0.508 e. The van der Waals surface area contributed by atoms with Crippen LogP contribution < -0.4 is 5.69 Å². The molecular formula is C12H14N2O3. The minimum atomic E-state index is -0.127. The minimum absolute atomic E-state index is 0.127. The van der Waals surface area contributed by atoms with Crippen LogP contribution in [0.3, 0.4) is 0 Å². The van der Waals surface area contributed by atoms with Gasteiger partial charge in [-0.15, -0.1) is 0 Å². The molecule has 0 aliphatic carbocycles. The molecule has 1 unspecified atom stereocenters. The van der Waals surface area contributed by atoms with Gasteiger partial charge in [-0.25, -0.2) is 4.79 Å². The van der Waals surface area contributed by atoms with Gasteiger partial charge in [0.05, 0.1) is 17.6 Å². The van der Waals surface area contributed by atoms with E-state index in [1.807, 2.05) is 0 Å². The number of rotatable bonds is 2. The van der Waals surface area contributed by atoms with Gasteiger partial charge >= 0.3 is 5.69 Å². The van der Waals surface area contributed by atoms with E-state index < -0.39 is 0 Å². The first-order valence-electron chi connectivity index (χ1n) is 5.73. The highest BCUT2D eigenvalue weighted by Gasteiger charge is 2.18. The van der Waals surface area contributed by atoms with Crippen LogP contribution in [0.25, 0.3) is 11.0 Å². The quantitative estimate of drug-likeness (QED) is 0.816. The normalized spacial score (nSPS) is 20.1. The molecule has 1 aromatic carbocycles. The fourth-order valence-corrected chi connectivity index (χ4v) is 2.32. The first-order valence-corrected chi connectivity index (χ1v) is 5.73. The zero-order chi connectivity index (χ0) is 11.8. The second-order valence-corrected chi connectivity index (χ2v) is 4.47. The summed E-state index contributed by atoms with van der Waals surface area (Å²) in [5.41, 5.74) is 1.38. The maximum atomic E-state index is 11.8. The number of fused-ring (bicyclic) bond motifs is 1. The standard InChI is InChI=1S/C12H14N2O3/c15-9-1-2-11-10(5-9)13-12(16)14(11)6-8-3-4-17-7-8/h1-2,5,8,15H,3-4,6-7H2,(H,13,16). The number of aromatic nitrogens is 2. The van der Waals surface area contributed by atoms with Gasteiger partial charge in [0.25, 0.3) is 0 Å². The lowest BCUT2D eigenvalue weighted by atomic mass is 10.1. The molecule has 2 aromatic rings. The van der Waals surface area contributed by atoms with Crippen molar-refractivity contribution in [3.8, 4) is 5.75 Å². The third-order valence-corrected chi connectivity index (χ3v) is 3.22. The Bertz CT molecular complexity index is 593. The topological polar surface area (TPSA) is 67.2 Å². The van der Waals surface area contributed by atoms with Gasteiger partial charge in [-0.3, -0.25) is 4.57 Å². The number of aromatic amines is 1. The van der Waals surface area contributed by atoms with Gasteiger partial charge in [-0.05, 0) is 18.6 Å². The number of nitrogens with one attached hydrogen (secondary N) is 1. The van der Waals surface area contributed by atoms with Gasteiger partial charge in [0, 0.05) is 25.1 Å². The first-order chi connectivity index (χ1) is 8.24. The summed E-state index contributed by atoms with van der Waals surface area (Å²) in [6, 6.07) is 4.92. The lowest BCUT2D eigenvalue weighted by molar-refractivity contribution is 0.182. The summed E-state index contributed by atoms with van der Waals surface area (Å²) in [4.78, 5) is 14.6. The molecule has 2 N–H and O–H groups in total. The lowest BCUT2D eigenvalue weighted by Gasteiger charge is -2.08. The first kappa shape index (κ1) is 10.4. The molecule has 0 amide bonds. The number of aromatic hydroxyl groups is 1.